The first-order valence-corrected chi connectivity index (χ1v) is 10.8. The number of anilines is 1. The number of benzene rings is 1. The molecule has 2 rings (SSSR count). The molecule has 1 fully saturated rings. The Kier molecular flexibility index (Phi) is 4.63. The molecule has 1 saturated heterocycles. The van der Waals surface area contributed by atoms with Crippen LogP contribution < -0.4 is 4.90 Å². The van der Waals surface area contributed by atoms with E-state index in [-0.39, 0.29) is 9.79 Å². The van der Waals surface area contributed by atoms with Crippen molar-refractivity contribution in [2.24, 2.45) is 0 Å². The monoisotopic (exact) mass is 331 g/mol. The Morgan fingerprint density at radius 1 is 0.857 bits per heavy atom. The predicted octanol–water partition coefficient (Wildman–Crippen LogP) is 1.87. The fraction of sp³-hybridized carbons (Fsp3) is 0.571. The lowest BCUT2D eigenvalue weighted by Crippen LogP contribution is -2.25. The van der Waals surface area contributed by atoms with Crippen LogP contribution in [0.2, 0.25) is 0 Å². The zero-order valence-electron chi connectivity index (χ0n) is 12.4. The molecule has 0 spiro atoms. The van der Waals surface area contributed by atoms with E-state index in [2.05, 4.69) is 4.90 Å². The molecular weight excluding hydrogens is 310 g/mol. The molecule has 0 N–H and O–H groups in total. The highest BCUT2D eigenvalue weighted by Gasteiger charge is 2.22. The summed E-state index contributed by atoms with van der Waals surface area (Å²) in [7, 11) is -6.91. The summed E-state index contributed by atoms with van der Waals surface area (Å²) < 4.78 is 47.4. The molecule has 0 amide bonds. The van der Waals surface area contributed by atoms with Gasteiger partial charge >= 0.3 is 0 Å². The highest BCUT2D eigenvalue weighted by atomic mass is 32.2. The van der Waals surface area contributed by atoms with Gasteiger partial charge in [-0.15, -0.1) is 0 Å². The van der Waals surface area contributed by atoms with Crippen LogP contribution in [0.1, 0.15) is 25.7 Å². The fourth-order valence-electron chi connectivity index (χ4n) is 2.59. The van der Waals surface area contributed by atoms with Gasteiger partial charge in [0.05, 0.1) is 15.5 Å². The van der Waals surface area contributed by atoms with Crippen LogP contribution in [-0.2, 0) is 19.7 Å². The SMILES string of the molecule is CS(=O)(=O)c1ccc(N2CCCCCC2)c(S(C)(=O)=O)c1. The first-order valence-electron chi connectivity index (χ1n) is 6.99. The number of nitrogens with zero attached hydrogens (tertiary/aromatic N) is 1. The molecule has 0 unspecified atom stereocenters. The van der Waals surface area contributed by atoms with Crippen LogP contribution in [0.4, 0.5) is 5.69 Å². The maximum Gasteiger partial charge on any atom is 0.177 e. The third-order valence-corrected chi connectivity index (χ3v) is 5.94. The number of hydrogen-bond acceptors (Lipinski definition) is 5. The summed E-state index contributed by atoms with van der Waals surface area (Å²) in [6.45, 7) is 1.61. The molecule has 1 aromatic carbocycles. The molecule has 1 aliphatic heterocycles. The molecular formula is C14H21NO4S2. The Morgan fingerprint density at radius 2 is 1.43 bits per heavy atom. The minimum Gasteiger partial charge on any atom is -0.370 e. The van der Waals surface area contributed by atoms with E-state index >= 15 is 0 Å². The van der Waals surface area contributed by atoms with Gasteiger partial charge in [0.2, 0.25) is 0 Å². The van der Waals surface area contributed by atoms with Crippen molar-refractivity contribution in [3.63, 3.8) is 0 Å². The Bertz CT molecular complexity index is 715. The lowest BCUT2D eigenvalue weighted by Gasteiger charge is -2.25. The second-order valence-electron chi connectivity index (χ2n) is 5.58. The van der Waals surface area contributed by atoms with E-state index in [0.717, 1.165) is 51.3 Å². The zero-order valence-corrected chi connectivity index (χ0v) is 14.0. The van der Waals surface area contributed by atoms with Gasteiger partial charge in [0.15, 0.2) is 19.7 Å². The summed E-state index contributed by atoms with van der Waals surface area (Å²) in [6.07, 6.45) is 6.54. The summed E-state index contributed by atoms with van der Waals surface area (Å²) in [4.78, 5) is 2.20. The molecule has 0 radical (unpaired) electrons. The molecule has 1 aliphatic rings. The molecule has 118 valence electrons. The largest absolute Gasteiger partial charge is 0.370 e. The van der Waals surface area contributed by atoms with Crippen LogP contribution in [0.5, 0.6) is 0 Å². The van der Waals surface area contributed by atoms with Gasteiger partial charge in [-0.1, -0.05) is 12.8 Å². The number of sulfone groups is 2. The smallest absolute Gasteiger partial charge is 0.177 e. The Morgan fingerprint density at radius 3 is 1.90 bits per heavy atom. The van der Waals surface area contributed by atoms with Crippen molar-refractivity contribution in [1.29, 1.82) is 0 Å². The van der Waals surface area contributed by atoms with Gasteiger partial charge in [-0.2, -0.15) is 0 Å². The molecule has 0 saturated carbocycles. The minimum atomic E-state index is -3.48. The van der Waals surface area contributed by atoms with Crippen molar-refractivity contribution in [3.8, 4) is 0 Å². The van der Waals surface area contributed by atoms with E-state index in [1.54, 1.807) is 6.07 Å². The van der Waals surface area contributed by atoms with Crippen molar-refractivity contribution in [2.45, 2.75) is 35.5 Å². The van der Waals surface area contributed by atoms with E-state index in [9.17, 15) is 16.8 Å². The Hall–Kier alpha value is -1.08. The molecule has 1 heterocycles. The zero-order chi connectivity index (χ0) is 15.7. The van der Waals surface area contributed by atoms with Gasteiger partial charge in [0, 0.05) is 25.6 Å². The molecule has 0 aromatic heterocycles. The minimum absolute atomic E-state index is 0.0431. The van der Waals surface area contributed by atoms with E-state index in [1.165, 1.54) is 12.1 Å². The second-order valence-corrected chi connectivity index (χ2v) is 9.58. The molecule has 5 nitrogen and oxygen atoms in total. The molecule has 0 atom stereocenters. The van der Waals surface area contributed by atoms with Crippen molar-refractivity contribution < 1.29 is 16.8 Å². The summed E-state index contributed by atoms with van der Waals surface area (Å²) in [6, 6.07) is 4.40. The lowest BCUT2D eigenvalue weighted by atomic mass is 10.2. The lowest BCUT2D eigenvalue weighted by molar-refractivity contribution is 0.599. The highest BCUT2D eigenvalue weighted by molar-refractivity contribution is 7.91. The van der Waals surface area contributed by atoms with Gasteiger partial charge in [-0.05, 0) is 31.0 Å². The number of hydrogen-bond donors (Lipinski definition) is 0. The normalized spacial score (nSPS) is 17.5. The fourth-order valence-corrected chi connectivity index (χ4v) is 4.23. The molecule has 1 aromatic rings. The van der Waals surface area contributed by atoms with Crippen molar-refractivity contribution in [1.82, 2.24) is 0 Å². The van der Waals surface area contributed by atoms with E-state index < -0.39 is 19.7 Å². The predicted molar refractivity (Wildman–Crippen MR) is 83.3 cm³/mol. The van der Waals surface area contributed by atoms with Gasteiger partial charge in [-0.3, -0.25) is 0 Å². The quantitative estimate of drug-likeness (QED) is 0.845. The van der Waals surface area contributed by atoms with E-state index in [1.807, 2.05) is 0 Å². The Labute approximate surface area is 126 Å². The maximum absolute atomic E-state index is 12.0. The summed E-state index contributed by atoms with van der Waals surface area (Å²) >= 11 is 0. The van der Waals surface area contributed by atoms with Crippen molar-refractivity contribution in [3.05, 3.63) is 18.2 Å². The molecule has 0 bridgehead atoms. The number of rotatable bonds is 3. The summed E-state index contributed by atoms with van der Waals surface area (Å²) in [5, 5.41) is 0. The van der Waals surface area contributed by atoms with Crippen molar-refractivity contribution in [2.75, 3.05) is 30.5 Å². The summed E-state index contributed by atoms with van der Waals surface area (Å²) in [5.41, 5.74) is 0.617. The van der Waals surface area contributed by atoms with Crippen LogP contribution in [0, 0.1) is 0 Å². The molecule has 7 heteroatoms. The standard InChI is InChI=1S/C14H21NO4S2/c1-20(16,17)12-7-8-13(14(11-12)21(2,18)19)15-9-5-3-4-6-10-15/h7-8,11H,3-6,9-10H2,1-2H3. The van der Waals surface area contributed by atoms with E-state index in [0.29, 0.717) is 5.69 Å². The average molecular weight is 331 g/mol. The molecule has 21 heavy (non-hydrogen) atoms. The van der Waals surface area contributed by atoms with Gasteiger partial charge in [0.1, 0.15) is 0 Å². The topological polar surface area (TPSA) is 71.5 Å². The van der Waals surface area contributed by atoms with Crippen LogP contribution >= 0.6 is 0 Å². The average Bonchev–Trinajstić information content (AvgIpc) is 2.64. The van der Waals surface area contributed by atoms with E-state index in [4.69, 9.17) is 0 Å². The summed E-state index contributed by atoms with van der Waals surface area (Å²) in [5.74, 6) is 0. The second kappa shape index (κ2) is 5.96. The third kappa shape index (κ3) is 3.97. The first kappa shape index (κ1) is 16.3. The Balaban J connectivity index is 2.55. The van der Waals surface area contributed by atoms with Crippen LogP contribution in [0.15, 0.2) is 28.0 Å². The van der Waals surface area contributed by atoms with Gasteiger partial charge in [0.25, 0.3) is 0 Å². The van der Waals surface area contributed by atoms with Crippen LogP contribution in [0.25, 0.3) is 0 Å². The van der Waals surface area contributed by atoms with Gasteiger partial charge < -0.3 is 4.90 Å². The highest BCUT2D eigenvalue weighted by Crippen LogP contribution is 2.30. The van der Waals surface area contributed by atoms with Gasteiger partial charge in [-0.25, -0.2) is 16.8 Å². The maximum atomic E-state index is 12.0. The van der Waals surface area contributed by atoms with Crippen LogP contribution in [0.3, 0.4) is 0 Å². The third-order valence-electron chi connectivity index (χ3n) is 3.71. The van der Waals surface area contributed by atoms with Crippen LogP contribution in [-0.4, -0.2) is 42.4 Å². The molecule has 0 aliphatic carbocycles. The first-order chi connectivity index (χ1) is 9.69. The van der Waals surface area contributed by atoms with Crippen molar-refractivity contribution >= 4 is 25.4 Å².